The molecule has 8 nitrogen and oxygen atoms in total. The summed E-state index contributed by atoms with van der Waals surface area (Å²) in [5.41, 5.74) is 1.11. The van der Waals surface area contributed by atoms with Gasteiger partial charge in [0.2, 0.25) is 0 Å². The molecule has 0 unspecified atom stereocenters. The van der Waals surface area contributed by atoms with Crippen molar-refractivity contribution in [3.05, 3.63) is 114 Å². The van der Waals surface area contributed by atoms with E-state index in [1.165, 1.54) is 12.1 Å². The molecule has 0 atom stereocenters. The lowest BCUT2D eigenvalue weighted by atomic mass is 10.1. The van der Waals surface area contributed by atoms with Gasteiger partial charge in [0.25, 0.3) is 0 Å². The molecule has 0 heterocycles. The molecule has 0 saturated carbocycles. The molecular formula is C26H22O8. The lowest BCUT2D eigenvalue weighted by Gasteiger charge is -2.02. The first-order valence-electron chi connectivity index (χ1n) is 9.93. The third-order valence-corrected chi connectivity index (χ3v) is 4.39. The number of aliphatic carboxylic acids is 1. The van der Waals surface area contributed by atoms with Crippen molar-refractivity contribution in [1.29, 1.82) is 0 Å². The summed E-state index contributed by atoms with van der Waals surface area (Å²) in [5, 5.41) is 36.1. The van der Waals surface area contributed by atoms with Crippen LogP contribution in [0.15, 0.2) is 97.1 Å². The number of hydrogen-bond donors (Lipinski definition) is 4. The summed E-state index contributed by atoms with van der Waals surface area (Å²) in [7, 11) is 0. The Kier molecular flexibility index (Phi) is 9.77. The largest absolute Gasteiger partial charge is 0.507 e. The van der Waals surface area contributed by atoms with Gasteiger partial charge >= 0.3 is 17.9 Å². The molecule has 174 valence electrons. The van der Waals surface area contributed by atoms with Gasteiger partial charge in [-0.3, -0.25) is 9.68 Å². The van der Waals surface area contributed by atoms with Crippen molar-refractivity contribution in [1.82, 2.24) is 0 Å². The third kappa shape index (κ3) is 8.10. The Balaban J connectivity index is 0.000000185. The fourth-order valence-corrected chi connectivity index (χ4v) is 2.80. The minimum atomic E-state index is -1.12. The third-order valence-electron chi connectivity index (χ3n) is 4.39. The molecule has 8 heteroatoms. The van der Waals surface area contributed by atoms with Gasteiger partial charge in [-0.2, -0.15) is 5.26 Å². The molecular weight excluding hydrogens is 440 g/mol. The number of rotatable bonds is 4. The van der Waals surface area contributed by atoms with Crippen LogP contribution >= 0.6 is 0 Å². The normalized spacial score (nSPS) is 9.56. The van der Waals surface area contributed by atoms with Crippen LogP contribution in [0, 0.1) is 0 Å². The van der Waals surface area contributed by atoms with E-state index in [1.807, 2.05) is 36.4 Å². The number of carbonyl (C=O) groups excluding carboxylic acids is 1. The predicted octanol–water partition coefficient (Wildman–Crippen LogP) is 4.87. The molecule has 4 aromatic carbocycles. The quantitative estimate of drug-likeness (QED) is 0.249. The van der Waals surface area contributed by atoms with Gasteiger partial charge in [-0.1, -0.05) is 72.8 Å². The maximum Gasteiger partial charge on any atom is 0.372 e. The van der Waals surface area contributed by atoms with Gasteiger partial charge in [0.15, 0.2) is 0 Å². The van der Waals surface area contributed by atoms with Gasteiger partial charge in [0, 0.05) is 0 Å². The van der Waals surface area contributed by atoms with Crippen LogP contribution < -0.4 is 0 Å². The average Bonchev–Trinajstić information content (AvgIpc) is 2.84. The van der Waals surface area contributed by atoms with Crippen LogP contribution in [0.1, 0.15) is 26.3 Å². The highest BCUT2D eigenvalue weighted by molar-refractivity contribution is 5.97. The molecule has 0 radical (unpaired) electrons. The second-order valence-corrected chi connectivity index (χ2v) is 6.82. The fraction of sp³-hybridized carbons (Fsp3) is 0.0385. The molecule has 0 aromatic heterocycles. The molecule has 0 aliphatic rings. The lowest BCUT2D eigenvalue weighted by molar-refractivity contribution is -0.182. The maximum atomic E-state index is 10.7. The molecule has 34 heavy (non-hydrogen) atoms. The standard InChI is InChI=1S/C11H8O3.C8H8O2.C7H6O3/c12-10-6-8-4-2-1-3-7(8)5-9(10)11(13)14;9-8(10)6-7-4-2-1-3-5-7;8-7(10-9)6-4-2-1-3-5-6/h1-6,12H,(H,13,14);1-5H,6H2,(H,9,10);1-5,9H. The molecule has 0 spiro atoms. The minimum absolute atomic E-state index is 0.0660. The van der Waals surface area contributed by atoms with Crippen molar-refractivity contribution >= 4 is 28.7 Å². The van der Waals surface area contributed by atoms with Crippen molar-refractivity contribution in [2.24, 2.45) is 0 Å². The highest BCUT2D eigenvalue weighted by atomic mass is 17.1. The summed E-state index contributed by atoms with van der Waals surface area (Å²) in [6.07, 6.45) is 0.112. The molecule has 0 fully saturated rings. The Hall–Kier alpha value is -4.69. The summed E-state index contributed by atoms with van der Waals surface area (Å²) in [4.78, 5) is 34.9. The van der Waals surface area contributed by atoms with Crippen LogP contribution in [-0.2, 0) is 16.1 Å². The minimum Gasteiger partial charge on any atom is -0.507 e. The average molecular weight is 462 g/mol. The molecule has 4 rings (SSSR count). The summed E-state index contributed by atoms with van der Waals surface area (Å²) < 4.78 is 0. The molecule has 0 aliphatic carbocycles. The van der Waals surface area contributed by atoms with Crippen molar-refractivity contribution in [2.75, 3.05) is 0 Å². The Morgan fingerprint density at radius 3 is 1.71 bits per heavy atom. The van der Waals surface area contributed by atoms with E-state index in [0.29, 0.717) is 5.56 Å². The number of aromatic hydroxyl groups is 1. The first-order chi connectivity index (χ1) is 16.3. The maximum absolute atomic E-state index is 10.7. The number of benzene rings is 4. The topological polar surface area (TPSA) is 141 Å². The highest BCUT2D eigenvalue weighted by Gasteiger charge is 2.09. The molecule has 0 aliphatic heterocycles. The second kappa shape index (κ2) is 13.0. The van der Waals surface area contributed by atoms with E-state index in [4.69, 9.17) is 15.5 Å². The number of carboxylic acids is 2. The van der Waals surface area contributed by atoms with Gasteiger partial charge in [-0.25, -0.2) is 9.59 Å². The zero-order chi connectivity index (χ0) is 24.9. The Bertz CT molecular complexity index is 1240. The number of carboxylic acid groups (broad SMARTS) is 2. The molecule has 0 amide bonds. The SMILES string of the molecule is O=C(O)Cc1ccccc1.O=C(O)c1cc2ccccc2cc1O.O=C(OO)c1ccccc1. The summed E-state index contributed by atoms with van der Waals surface area (Å²) in [6.45, 7) is 0. The van der Waals surface area contributed by atoms with Gasteiger partial charge in [-0.15, -0.1) is 0 Å². The van der Waals surface area contributed by atoms with E-state index in [0.717, 1.165) is 16.3 Å². The highest BCUT2D eigenvalue weighted by Crippen LogP contribution is 2.24. The van der Waals surface area contributed by atoms with Crippen LogP contribution in [0.25, 0.3) is 10.8 Å². The van der Waals surface area contributed by atoms with Crippen LogP contribution in [0.2, 0.25) is 0 Å². The summed E-state index contributed by atoms with van der Waals surface area (Å²) >= 11 is 0. The molecule has 4 aromatic rings. The lowest BCUT2D eigenvalue weighted by Crippen LogP contribution is -2.00. The number of aromatic carboxylic acids is 1. The van der Waals surface area contributed by atoms with E-state index in [9.17, 15) is 19.5 Å². The van der Waals surface area contributed by atoms with Crippen molar-refractivity contribution in [3.63, 3.8) is 0 Å². The van der Waals surface area contributed by atoms with E-state index >= 15 is 0 Å². The Morgan fingerprint density at radius 2 is 1.21 bits per heavy atom. The van der Waals surface area contributed by atoms with Gasteiger partial charge in [0.1, 0.15) is 11.3 Å². The zero-order valence-corrected chi connectivity index (χ0v) is 17.9. The molecule has 0 bridgehead atoms. The van der Waals surface area contributed by atoms with Gasteiger partial charge in [0.05, 0.1) is 12.0 Å². The van der Waals surface area contributed by atoms with Crippen LogP contribution in [0.5, 0.6) is 5.75 Å². The van der Waals surface area contributed by atoms with E-state index in [2.05, 4.69) is 4.89 Å². The molecule has 0 saturated heterocycles. The number of carbonyl (C=O) groups is 3. The smallest absolute Gasteiger partial charge is 0.372 e. The Morgan fingerprint density at radius 1 is 0.706 bits per heavy atom. The summed E-state index contributed by atoms with van der Waals surface area (Å²) in [5.74, 6) is -2.84. The molecule has 4 N–H and O–H groups in total. The fourth-order valence-electron chi connectivity index (χ4n) is 2.80. The van der Waals surface area contributed by atoms with Crippen molar-refractivity contribution < 1.29 is 39.8 Å². The van der Waals surface area contributed by atoms with Crippen molar-refractivity contribution in [3.8, 4) is 5.75 Å². The monoisotopic (exact) mass is 462 g/mol. The first kappa shape index (κ1) is 25.6. The zero-order valence-electron chi connectivity index (χ0n) is 17.9. The number of fused-ring (bicyclic) bond motifs is 1. The second-order valence-electron chi connectivity index (χ2n) is 6.82. The van der Waals surface area contributed by atoms with E-state index < -0.39 is 17.9 Å². The van der Waals surface area contributed by atoms with E-state index in [1.54, 1.807) is 48.5 Å². The Labute approximate surface area is 194 Å². The number of hydrogen-bond acceptors (Lipinski definition) is 6. The van der Waals surface area contributed by atoms with Crippen molar-refractivity contribution in [2.45, 2.75) is 6.42 Å². The van der Waals surface area contributed by atoms with Crippen LogP contribution in [0.4, 0.5) is 0 Å². The first-order valence-corrected chi connectivity index (χ1v) is 9.93. The number of phenols is 1. The van der Waals surface area contributed by atoms with Crippen LogP contribution in [-0.4, -0.2) is 38.5 Å². The van der Waals surface area contributed by atoms with Gasteiger partial charge < -0.3 is 15.3 Å². The van der Waals surface area contributed by atoms with Crippen LogP contribution in [0.3, 0.4) is 0 Å². The van der Waals surface area contributed by atoms with Gasteiger partial charge in [-0.05, 0) is 40.6 Å². The van der Waals surface area contributed by atoms with E-state index in [-0.39, 0.29) is 17.7 Å². The predicted molar refractivity (Wildman–Crippen MR) is 125 cm³/mol. The summed E-state index contributed by atoms with van der Waals surface area (Å²) in [6, 6.07) is 27.6.